The Morgan fingerprint density at radius 3 is 2.33 bits per heavy atom. The second-order valence-corrected chi connectivity index (χ2v) is 5.84. The Bertz CT molecular complexity index is 969. The number of aromatic carboxylic acids is 2. The number of aromatic amines is 1. The number of nitrogens with one attached hydrogen (secondary N) is 1. The van der Waals surface area contributed by atoms with Gasteiger partial charge in [0.15, 0.2) is 11.5 Å². The molecule has 9 nitrogen and oxygen atoms in total. The number of rotatable bonds is 7. The van der Waals surface area contributed by atoms with Crippen LogP contribution in [0.3, 0.4) is 0 Å². The van der Waals surface area contributed by atoms with Crippen LogP contribution in [-0.4, -0.2) is 40.9 Å². The number of nitrogens with two attached hydrogens (primary N) is 1. The molecular formula is C17H17ClN2O7. The van der Waals surface area contributed by atoms with E-state index in [9.17, 15) is 24.6 Å². The van der Waals surface area contributed by atoms with Crippen LogP contribution in [-0.2, 0) is 0 Å². The molecule has 0 saturated carbocycles. The number of aromatic nitrogens is 1. The van der Waals surface area contributed by atoms with Gasteiger partial charge in [-0.3, -0.25) is 4.79 Å². The van der Waals surface area contributed by atoms with Gasteiger partial charge in [-0.15, -0.1) is 0 Å². The van der Waals surface area contributed by atoms with Crippen LogP contribution in [0.5, 0.6) is 11.5 Å². The molecule has 5 N–H and O–H groups in total. The number of ether oxygens (including phenoxy) is 2. The van der Waals surface area contributed by atoms with Crippen LogP contribution < -0.4 is 20.8 Å². The number of carboxylic acid groups (broad SMARTS) is 2. The molecular weight excluding hydrogens is 380 g/mol. The lowest BCUT2D eigenvalue weighted by Crippen LogP contribution is -2.24. The monoisotopic (exact) mass is 396 g/mol. The highest BCUT2D eigenvalue weighted by Crippen LogP contribution is 2.41. The number of pyridine rings is 1. The summed E-state index contributed by atoms with van der Waals surface area (Å²) in [5.74, 6) is -3.17. The second kappa shape index (κ2) is 8.00. The van der Waals surface area contributed by atoms with E-state index in [1.807, 2.05) is 11.9 Å². The molecule has 0 radical (unpaired) electrons. The van der Waals surface area contributed by atoms with Crippen LogP contribution in [0.1, 0.15) is 34.1 Å². The number of halogens is 1. The molecule has 0 aliphatic heterocycles. The predicted octanol–water partition coefficient (Wildman–Crippen LogP) is 2.47. The molecule has 1 aromatic carbocycles. The number of carboxylic acids is 2. The van der Waals surface area contributed by atoms with Gasteiger partial charge in [0.05, 0.1) is 18.7 Å². The van der Waals surface area contributed by atoms with Gasteiger partial charge >= 0.3 is 11.9 Å². The van der Waals surface area contributed by atoms with Crippen molar-refractivity contribution in [2.45, 2.75) is 13.3 Å². The van der Waals surface area contributed by atoms with E-state index in [1.165, 1.54) is 19.2 Å². The third-order valence-corrected chi connectivity index (χ3v) is 3.97. The van der Waals surface area contributed by atoms with Crippen LogP contribution >= 0.6 is 11.6 Å². The fraction of sp³-hybridized carbons (Fsp3) is 0.235. The van der Waals surface area contributed by atoms with Crippen molar-refractivity contribution in [3.8, 4) is 22.6 Å². The lowest BCUT2D eigenvalue weighted by Gasteiger charge is -2.16. The smallest absolute Gasteiger partial charge is 0.342 e. The van der Waals surface area contributed by atoms with E-state index in [-0.39, 0.29) is 16.3 Å². The normalized spacial score (nSPS) is 10.5. The average Bonchev–Trinajstić information content (AvgIpc) is 2.58. The first-order valence-electron chi connectivity index (χ1n) is 7.75. The Balaban J connectivity index is 2.90. The zero-order chi connectivity index (χ0) is 20.3. The lowest BCUT2D eigenvalue weighted by atomic mass is 9.95. The number of H-pyrrole nitrogens is 1. The van der Waals surface area contributed by atoms with Gasteiger partial charge in [0.1, 0.15) is 16.9 Å². The molecule has 1 heterocycles. The number of benzene rings is 1. The topological polar surface area (TPSA) is 152 Å². The Morgan fingerprint density at radius 1 is 1.19 bits per heavy atom. The van der Waals surface area contributed by atoms with Crippen molar-refractivity contribution < 1.29 is 29.3 Å². The molecule has 0 aliphatic carbocycles. The van der Waals surface area contributed by atoms with Gasteiger partial charge in [0.2, 0.25) is 0 Å². The summed E-state index contributed by atoms with van der Waals surface area (Å²) in [6.07, 6.45) is 0.722. The summed E-state index contributed by atoms with van der Waals surface area (Å²) in [5.41, 5.74) is 2.73. The Hall–Kier alpha value is -3.20. The van der Waals surface area contributed by atoms with Gasteiger partial charge in [-0.05, 0) is 12.5 Å². The van der Waals surface area contributed by atoms with Gasteiger partial charge in [0.25, 0.3) is 5.56 Å². The molecule has 27 heavy (non-hydrogen) atoms. The zero-order valence-corrected chi connectivity index (χ0v) is 15.2. The maximum atomic E-state index is 12.1. The van der Waals surface area contributed by atoms with Crippen molar-refractivity contribution in [3.05, 3.63) is 38.6 Å². The number of anilines is 1. The molecule has 1 aromatic heterocycles. The van der Waals surface area contributed by atoms with Crippen molar-refractivity contribution in [2.24, 2.45) is 0 Å². The number of methoxy groups -OCH3 is 1. The minimum absolute atomic E-state index is 0.0306. The second-order valence-electron chi connectivity index (χ2n) is 5.43. The van der Waals surface area contributed by atoms with Crippen LogP contribution in [0.25, 0.3) is 11.1 Å². The molecule has 0 amide bonds. The van der Waals surface area contributed by atoms with E-state index in [0.29, 0.717) is 12.4 Å². The Labute approximate surface area is 158 Å². The standard InChI is InChI=1S/C17H17ClN2O7/c1-3-4-27-10-6-8(18)7(5-9(10)26-2)11-12(16(22)23)14(19)20-15(21)13(11)17(24)25/h5-6H,3-4H2,1-2H3,(H,22,23)(H,24,25)(H3,19,20,21). The van der Waals surface area contributed by atoms with Crippen LogP contribution in [0.2, 0.25) is 5.02 Å². The van der Waals surface area contributed by atoms with Gasteiger partial charge < -0.3 is 30.4 Å². The minimum Gasteiger partial charge on any atom is -0.493 e. The molecule has 0 bridgehead atoms. The quantitative estimate of drug-likeness (QED) is 0.556. The summed E-state index contributed by atoms with van der Waals surface area (Å²) in [6.45, 7) is 2.28. The highest BCUT2D eigenvalue weighted by molar-refractivity contribution is 6.34. The molecule has 10 heteroatoms. The van der Waals surface area contributed by atoms with E-state index in [1.54, 1.807) is 0 Å². The van der Waals surface area contributed by atoms with Gasteiger partial charge in [-0.25, -0.2) is 9.59 Å². The zero-order valence-electron chi connectivity index (χ0n) is 14.5. The SMILES string of the molecule is CCCOc1cc(Cl)c(-c2c(C(=O)O)c(N)[nH]c(=O)c2C(=O)O)cc1OC. The number of nitrogen functional groups attached to an aromatic ring is 1. The van der Waals surface area contributed by atoms with E-state index < -0.39 is 40.0 Å². The largest absolute Gasteiger partial charge is 0.493 e. The maximum absolute atomic E-state index is 12.1. The molecule has 0 spiro atoms. The van der Waals surface area contributed by atoms with Crippen molar-refractivity contribution in [3.63, 3.8) is 0 Å². The van der Waals surface area contributed by atoms with Gasteiger partial charge in [-0.1, -0.05) is 18.5 Å². The molecule has 0 atom stereocenters. The summed E-state index contributed by atoms with van der Waals surface area (Å²) >= 11 is 6.26. The minimum atomic E-state index is -1.63. The van der Waals surface area contributed by atoms with E-state index in [0.717, 1.165) is 6.42 Å². The third-order valence-electron chi connectivity index (χ3n) is 3.66. The average molecular weight is 397 g/mol. The maximum Gasteiger partial charge on any atom is 0.342 e. The molecule has 2 rings (SSSR count). The van der Waals surface area contributed by atoms with Gasteiger partial charge in [0, 0.05) is 17.2 Å². The third kappa shape index (κ3) is 3.82. The summed E-state index contributed by atoms with van der Waals surface area (Å²) in [4.78, 5) is 37.5. The highest BCUT2D eigenvalue weighted by atomic mass is 35.5. The number of hydrogen-bond donors (Lipinski definition) is 4. The fourth-order valence-corrected chi connectivity index (χ4v) is 2.78. The van der Waals surface area contributed by atoms with E-state index in [4.69, 9.17) is 26.8 Å². The van der Waals surface area contributed by atoms with E-state index in [2.05, 4.69) is 0 Å². The van der Waals surface area contributed by atoms with Crippen molar-refractivity contribution in [1.82, 2.24) is 4.98 Å². The van der Waals surface area contributed by atoms with Crippen molar-refractivity contribution >= 4 is 29.4 Å². The Kier molecular flexibility index (Phi) is 5.96. The van der Waals surface area contributed by atoms with Gasteiger partial charge in [-0.2, -0.15) is 0 Å². The van der Waals surface area contributed by atoms with Crippen LogP contribution in [0.4, 0.5) is 5.82 Å². The number of hydrogen-bond acceptors (Lipinski definition) is 6. The fourth-order valence-electron chi connectivity index (χ4n) is 2.53. The first-order chi connectivity index (χ1) is 12.7. The molecule has 0 fully saturated rings. The Morgan fingerprint density at radius 2 is 1.81 bits per heavy atom. The first-order valence-corrected chi connectivity index (χ1v) is 8.13. The predicted molar refractivity (Wildman–Crippen MR) is 98.2 cm³/mol. The van der Waals surface area contributed by atoms with Crippen molar-refractivity contribution in [2.75, 3.05) is 19.5 Å². The summed E-state index contributed by atoms with van der Waals surface area (Å²) in [5, 5.41) is 18.9. The van der Waals surface area contributed by atoms with Crippen molar-refractivity contribution in [1.29, 1.82) is 0 Å². The highest BCUT2D eigenvalue weighted by Gasteiger charge is 2.28. The molecule has 0 saturated heterocycles. The summed E-state index contributed by atoms with van der Waals surface area (Å²) in [7, 11) is 1.36. The molecule has 2 aromatic rings. The molecule has 0 aliphatic rings. The summed E-state index contributed by atoms with van der Waals surface area (Å²) in [6, 6.07) is 2.67. The summed E-state index contributed by atoms with van der Waals surface area (Å²) < 4.78 is 10.7. The van der Waals surface area contributed by atoms with Crippen LogP contribution in [0.15, 0.2) is 16.9 Å². The first kappa shape index (κ1) is 20.1. The molecule has 144 valence electrons. The number of carbonyl (C=O) groups is 2. The van der Waals surface area contributed by atoms with E-state index >= 15 is 0 Å². The van der Waals surface area contributed by atoms with Crippen LogP contribution in [0, 0.1) is 0 Å². The molecule has 0 unspecified atom stereocenters. The lowest BCUT2D eigenvalue weighted by molar-refractivity contribution is 0.0695.